The van der Waals surface area contributed by atoms with Crippen molar-refractivity contribution in [1.82, 2.24) is 4.90 Å². The average molecular weight is 299 g/mol. The summed E-state index contributed by atoms with van der Waals surface area (Å²) in [6.45, 7) is 5.17. The van der Waals surface area contributed by atoms with E-state index in [0.717, 1.165) is 11.5 Å². The van der Waals surface area contributed by atoms with Crippen molar-refractivity contribution in [2.24, 2.45) is 0 Å². The third kappa shape index (κ3) is 4.58. The van der Waals surface area contributed by atoms with Gasteiger partial charge in [0.15, 0.2) is 0 Å². The topological polar surface area (TPSA) is 32.7 Å². The second-order valence-corrected chi connectivity index (χ2v) is 5.83. The molecule has 1 aromatic carbocycles. The van der Waals surface area contributed by atoms with Crippen molar-refractivity contribution in [2.45, 2.75) is 25.8 Å². The van der Waals surface area contributed by atoms with Crippen molar-refractivity contribution >= 4 is 0 Å². The van der Waals surface area contributed by atoms with Gasteiger partial charge in [0.05, 0.1) is 6.61 Å². The molecule has 3 nitrogen and oxygen atoms in total. The van der Waals surface area contributed by atoms with Gasteiger partial charge >= 0.3 is 0 Å². The van der Waals surface area contributed by atoms with Gasteiger partial charge in [-0.3, -0.25) is 4.90 Å². The molecule has 0 fully saturated rings. The van der Waals surface area contributed by atoms with Crippen LogP contribution in [0.25, 0.3) is 0 Å². The molecule has 22 heavy (non-hydrogen) atoms. The minimum atomic E-state index is 0.160. The number of hydrogen-bond acceptors (Lipinski definition) is 3. The van der Waals surface area contributed by atoms with Crippen LogP contribution in [0.15, 0.2) is 60.4 Å². The van der Waals surface area contributed by atoms with Gasteiger partial charge in [-0.2, -0.15) is 0 Å². The summed E-state index contributed by atoms with van der Waals surface area (Å²) < 4.78 is 5.91. The number of benzene rings is 1. The fraction of sp³-hybridized carbons (Fsp3) is 0.368. The number of nitrogens with zero attached hydrogens (tertiary/aromatic N) is 1. The molecule has 0 aromatic heterocycles. The third-order valence-corrected chi connectivity index (χ3v) is 3.77. The molecule has 1 unspecified atom stereocenters. The summed E-state index contributed by atoms with van der Waals surface area (Å²) in [6.07, 6.45) is 10.1. The molecule has 1 aromatic rings. The van der Waals surface area contributed by atoms with Crippen LogP contribution >= 0.6 is 0 Å². The van der Waals surface area contributed by atoms with Crippen molar-refractivity contribution in [3.8, 4) is 5.75 Å². The Morgan fingerprint density at radius 2 is 1.91 bits per heavy atom. The molecule has 0 saturated heterocycles. The van der Waals surface area contributed by atoms with E-state index in [0.29, 0.717) is 12.5 Å². The molecule has 0 saturated carbocycles. The van der Waals surface area contributed by atoms with Gasteiger partial charge in [-0.25, -0.2) is 0 Å². The summed E-state index contributed by atoms with van der Waals surface area (Å²) in [5, 5.41) is 9.02. The van der Waals surface area contributed by atoms with Crippen molar-refractivity contribution in [3.05, 3.63) is 66.0 Å². The van der Waals surface area contributed by atoms with Gasteiger partial charge < -0.3 is 9.84 Å². The molecule has 2 rings (SSSR count). The molecular weight excluding hydrogens is 274 g/mol. The zero-order valence-corrected chi connectivity index (χ0v) is 13.6. The maximum Gasteiger partial charge on any atom is 0.127 e. The highest BCUT2D eigenvalue weighted by Crippen LogP contribution is 2.21. The lowest BCUT2D eigenvalue weighted by molar-refractivity contribution is 0.214. The highest BCUT2D eigenvalue weighted by atomic mass is 16.5. The Labute approximate surface area is 133 Å². The van der Waals surface area contributed by atoms with Crippen LogP contribution in [-0.2, 0) is 0 Å². The monoisotopic (exact) mass is 299 g/mol. The van der Waals surface area contributed by atoms with Crippen LogP contribution in [-0.4, -0.2) is 36.2 Å². The van der Waals surface area contributed by atoms with Crippen LogP contribution in [0.1, 0.15) is 25.3 Å². The predicted molar refractivity (Wildman–Crippen MR) is 91.0 cm³/mol. The number of aliphatic hydroxyl groups excluding tert-OH is 1. The second-order valence-electron chi connectivity index (χ2n) is 5.83. The standard InChI is InChI=1S/C19H25NO2/c1-15(2)16-7-10-19(11-8-16)22-18-6-4-5-17(9-12-18)20(3)13-14-21/h4-12,15,17,21H,13-14H2,1-3H3. The molecule has 1 N–H and O–H groups in total. The zero-order valence-electron chi connectivity index (χ0n) is 13.6. The SMILES string of the molecule is CC(C)c1ccc(OC2=CC=CC(N(C)CCO)C=C2)cc1. The van der Waals surface area contributed by atoms with E-state index in [-0.39, 0.29) is 12.6 Å². The van der Waals surface area contributed by atoms with E-state index in [1.807, 2.05) is 37.4 Å². The maximum atomic E-state index is 9.02. The number of allylic oxidation sites excluding steroid dienone is 3. The molecule has 1 atom stereocenters. The van der Waals surface area contributed by atoms with E-state index in [1.54, 1.807) is 0 Å². The van der Waals surface area contributed by atoms with Crippen LogP contribution in [0.5, 0.6) is 5.75 Å². The highest BCUT2D eigenvalue weighted by Gasteiger charge is 2.09. The number of aliphatic hydroxyl groups is 1. The van der Waals surface area contributed by atoms with Gasteiger partial charge in [0, 0.05) is 12.6 Å². The van der Waals surface area contributed by atoms with Gasteiger partial charge in [0.2, 0.25) is 0 Å². The fourth-order valence-electron chi connectivity index (χ4n) is 2.30. The van der Waals surface area contributed by atoms with Gasteiger partial charge in [-0.05, 0) is 42.8 Å². The van der Waals surface area contributed by atoms with Crippen molar-refractivity contribution in [3.63, 3.8) is 0 Å². The molecule has 1 aliphatic carbocycles. The van der Waals surface area contributed by atoms with Gasteiger partial charge in [-0.1, -0.05) is 44.2 Å². The summed E-state index contributed by atoms with van der Waals surface area (Å²) in [6, 6.07) is 8.40. The van der Waals surface area contributed by atoms with E-state index in [4.69, 9.17) is 9.84 Å². The summed E-state index contributed by atoms with van der Waals surface area (Å²) in [7, 11) is 1.99. The first-order chi connectivity index (χ1) is 10.6. The molecule has 1 aliphatic rings. The molecule has 0 heterocycles. The van der Waals surface area contributed by atoms with E-state index in [9.17, 15) is 0 Å². The molecule has 0 bridgehead atoms. The largest absolute Gasteiger partial charge is 0.457 e. The quantitative estimate of drug-likeness (QED) is 0.873. The zero-order chi connectivity index (χ0) is 15.9. The smallest absolute Gasteiger partial charge is 0.127 e. The minimum absolute atomic E-state index is 0.160. The first kappa shape index (κ1) is 16.5. The van der Waals surface area contributed by atoms with Crippen molar-refractivity contribution < 1.29 is 9.84 Å². The Hall–Kier alpha value is -1.84. The molecule has 0 spiro atoms. The third-order valence-electron chi connectivity index (χ3n) is 3.77. The van der Waals surface area contributed by atoms with E-state index in [2.05, 4.69) is 43.0 Å². The lowest BCUT2D eigenvalue weighted by Crippen LogP contribution is -2.30. The van der Waals surface area contributed by atoms with Crippen LogP contribution in [0.2, 0.25) is 0 Å². The van der Waals surface area contributed by atoms with Gasteiger partial charge in [-0.15, -0.1) is 0 Å². The first-order valence-electron chi connectivity index (χ1n) is 7.75. The first-order valence-corrected chi connectivity index (χ1v) is 7.75. The highest BCUT2D eigenvalue weighted by molar-refractivity contribution is 5.34. The van der Waals surface area contributed by atoms with Crippen LogP contribution in [0.3, 0.4) is 0 Å². The van der Waals surface area contributed by atoms with Gasteiger partial charge in [0.25, 0.3) is 0 Å². The lowest BCUT2D eigenvalue weighted by atomic mass is 10.0. The predicted octanol–water partition coefficient (Wildman–Crippen LogP) is 3.49. The Morgan fingerprint density at radius 3 is 2.55 bits per heavy atom. The van der Waals surface area contributed by atoms with E-state index < -0.39 is 0 Å². The number of rotatable bonds is 6. The Bertz CT molecular complexity index is 555. The normalized spacial score (nSPS) is 17.7. The van der Waals surface area contributed by atoms with Crippen molar-refractivity contribution in [1.29, 1.82) is 0 Å². The number of hydrogen-bond donors (Lipinski definition) is 1. The Kier molecular flexibility index (Phi) is 5.99. The molecule has 0 amide bonds. The Balaban J connectivity index is 2.00. The maximum absolute atomic E-state index is 9.02. The van der Waals surface area contributed by atoms with Crippen LogP contribution < -0.4 is 4.74 Å². The molecular formula is C19H25NO2. The average Bonchev–Trinajstić information content (AvgIpc) is 2.74. The Morgan fingerprint density at radius 1 is 1.18 bits per heavy atom. The van der Waals surface area contributed by atoms with Crippen LogP contribution in [0, 0.1) is 0 Å². The summed E-state index contributed by atoms with van der Waals surface area (Å²) in [5.41, 5.74) is 1.31. The molecule has 118 valence electrons. The molecule has 3 heteroatoms. The van der Waals surface area contributed by atoms with E-state index in [1.165, 1.54) is 5.56 Å². The second kappa shape index (κ2) is 7.97. The summed E-state index contributed by atoms with van der Waals surface area (Å²) in [5.74, 6) is 2.18. The molecule has 0 radical (unpaired) electrons. The van der Waals surface area contributed by atoms with E-state index >= 15 is 0 Å². The van der Waals surface area contributed by atoms with Crippen LogP contribution in [0.4, 0.5) is 0 Å². The number of ether oxygens (including phenoxy) is 1. The number of likely N-dealkylation sites (N-methyl/N-ethyl adjacent to an activating group) is 1. The van der Waals surface area contributed by atoms with Gasteiger partial charge in [0.1, 0.15) is 11.5 Å². The minimum Gasteiger partial charge on any atom is -0.457 e. The fourth-order valence-corrected chi connectivity index (χ4v) is 2.30. The molecule has 0 aliphatic heterocycles. The summed E-state index contributed by atoms with van der Waals surface area (Å²) >= 11 is 0. The van der Waals surface area contributed by atoms with Crippen molar-refractivity contribution in [2.75, 3.05) is 20.2 Å². The summed E-state index contributed by atoms with van der Waals surface area (Å²) in [4.78, 5) is 2.08. The lowest BCUT2D eigenvalue weighted by Gasteiger charge is -2.21.